The molecule has 51 heavy (non-hydrogen) atoms. The molecule has 0 amide bonds. The second-order valence-electron chi connectivity index (χ2n) is 16.9. The molecule has 0 heterocycles. The van der Waals surface area contributed by atoms with Crippen molar-refractivity contribution in [3.05, 3.63) is 41.5 Å². The van der Waals surface area contributed by atoms with Gasteiger partial charge in [0.1, 0.15) is 17.8 Å². The summed E-state index contributed by atoms with van der Waals surface area (Å²) in [5.74, 6) is 5.12. The van der Waals surface area contributed by atoms with Crippen molar-refractivity contribution < 1.29 is 29.6 Å². The van der Waals surface area contributed by atoms with Crippen LogP contribution in [0.1, 0.15) is 117 Å². The highest BCUT2D eigenvalue weighted by atomic mass is 32.2. The second-order valence-corrected chi connectivity index (χ2v) is 17.9. The van der Waals surface area contributed by atoms with E-state index in [9.17, 15) is 14.7 Å². The number of hydrogen-bond donors (Lipinski definition) is 5. The van der Waals surface area contributed by atoms with Gasteiger partial charge in [-0.15, -0.1) is 0 Å². The van der Waals surface area contributed by atoms with Crippen molar-refractivity contribution in [2.75, 3.05) is 19.1 Å². The Labute approximate surface area is 312 Å². The van der Waals surface area contributed by atoms with Gasteiger partial charge in [0.15, 0.2) is 0 Å². The van der Waals surface area contributed by atoms with E-state index in [-0.39, 0.29) is 6.10 Å². The number of benzene rings is 1. The third-order valence-electron chi connectivity index (χ3n) is 13.2. The number of methoxy groups -OCH3 is 1. The smallest absolute Gasteiger partial charge is 0.320 e. The molecule has 1 aromatic carbocycles. The molecule has 8 nitrogen and oxygen atoms in total. The van der Waals surface area contributed by atoms with E-state index in [1.54, 1.807) is 36.6 Å². The Morgan fingerprint density at radius 1 is 0.922 bits per heavy atom. The SMILES string of the molecule is CC(C)CCCC(C)[C@H]1CC[C@H]2[C@@H]3CC=C4C[C@@H](O)CC[C@]4(C)[C@H]3CC[C@]12C.COc1ccc(CC(N)C(=O)O)cc1.CSCCC(N)C(=O)O. The van der Waals surface area contributed by atoms with Gasteiger partial charge in [-0.25, -0.2) is 0 Å². The number of carboxylic acid groups (broad SMARTS) is 2. The van der Waals surface area contributed by atoms with Crippen molar-refractivity contribution in [1.82, 2.24) is 0 Å². The normalized spacial score (nSPS) is 31.2. The average molecular weight is 731 g/mol. The molecule has 7 N–H and O–H groups in total. The topological polar surface area (TPSA) is 156 Å². The minimum absolute atomic E-state index is 0.0766. The van der Waals surface area contributed by atoms with Crippen molar-refractivity contribution in [2.24, 2.45) is 57.8 Å². The molecule has 3 fully saturated rings. The molecular formula is C42H70N2O6S. The molecule has 5 rings (SSSR count). The second kappa shape index (κ2) is 19.8. The first-order valence-electron chi connectivity index (χ1n) is 19.5. The maximum absolute atomic E-state index is 10.5. The summed E-state index contributed by atoms with van der Waals surface area (Å²) in [6, 6.07) is 5.65. The maximum Gasteiger partial charge on any atom is 0.320 e. The molecule has 3 unspecified atom stereocenters. The lowest BCUT2D eigenvalue weighted by atomic mass is 9.47. The van der Waals surface area contributed by atoms with Gasteiger partial charge in [-0.05, 0) is 140 Å². The first kappa shape index (κ1) is 43.3. The van der Waals surface area contributed by atoms with Gasteiger partial charge < -0.3 is 31.5 Å². The van der Waals surface area contributed by atoms with Gasteiger partial charge in [0.25, 0.3) is 0 Å². The van der Waals surface area contributed by atoms with Crippen LogP contribution in [-0.4, -0.2) is 64.6 Å². The third-order valence-corrected chi connectivity index (χ3v) is 13.8. The third kappa shape index (κ3) is 11.5. The van der Waals surface area contributed by atoms with Crippen LogP contribution >= 0.6 is 11.8 Å². The highest BCUT2D eigenvalue weighted by Crippen LogP contribution is 2.67. The molecular weight excluding hydrogens is 661 g/mol. The molecule has 4 aliphatic rings. The number of fused-ring (bicyclic) bond motifs is 5. The molecule has 3 saturated carbocycles. The minimum atomic E-state index is -0.985. The fourth-order valence-electron chi connectivity index (χ4n) is 10.1. The molecule has 0 spiro atoms. The van der Waals surface area contributed by atoms with Crippen LogP contribution in [-0.2, 0) is 16.0 Å². The van der Waals surface area contributed by atoms with Crippen molar-refractivity contribution in [3.63, 3.8) is 0 Å². The Morgan fingerprint density at radius 2 is 1.59 bits per heavy atom. The number of hydrogen-bond acceptors (Lipinski definition) is 7. The number of aliphatic hydroxyl groups excluding tert-OH is 1. The van der Waals surface area contributed by atoms with Crippen LogP contribution < -0.4 is 16.2 Å². The van der Waals surface area contributed by atoms with Crippen LogP contribution in [0.2, 0.25) is 0 Å². The number of aliphatic hydroxyl groups is 1. The zero-order valence-corrected chi connectivity index (χ0v) is 33.4. The van der Waals surface area contributed by atoms with Crippen molar-refractivity contribution in [2.45, 2.75) is 136 Å². The van der Waals surface area contributed by atoms with Gasteiger partial charge in [-0.1, -0.05) is 77.7 Å². The van der Waals surface area contributed by atoms with Crippen molar-refractivity contribution in [1.29, 1.82) is 0 Å². The molecule has 4 aliphatic carbocycles. The summed E-state index contributed by atoms with van der Waals surface area (Å²) in [5, 5.41) is 27.1. The van der Waals surface area contributed by atoms with E-state index in [4.69, 9.17) is 26.4 Å². The number of carbonyl (C=O) groups is 2. The van der Waals surface area contributed by atoms with Crippen LogP contribution in [0.25, 0.3) is 0 Å². The average Bonchev–Trinajstić information content (AvgIpc) is 3.45. The zero-order chi connectivity index (χ0) is 37.9. The number of ether oxygens (including phenoxy) is 1. The van der Waals surface area contributed by atoms with Crippen molar-refractivity contribution in [3.8, 4) is 5.75 Å². The van der Waals surface area contributed by atoms with Crippen LogP contribution in [0.3, 0.4) is 0 Å². The van der Waals surface area contributed by atoms with Crippen LogP contribution in [0.15, 0.2) is 35.9 Å². The number of thioether (sulfide) groups is 1. The monoisotopic (exact) mass is 730 g/mol. The highest BCUT2D eigenvalue weighted by molar-refractivity contribution is 7.98. The fraction of sp³-hybridized carbons (Fsp3) is 0.762. The maximum atomic E-state index is 10.5. The van der Waals surface area contributed by atoms with Crippen molar-refractivity contribution >= 4 is 23.7 Å². The zero-order valence-electron chi connectivity index (χ0n) is 32.6. The highest BCUT2D eigenvalue weighted by Gasteiger charge is 2.59. The van der Waals surface area contributed by atoms with E-state index in [1.165, 1.54) is 57.8 Å². The van der Waals surface area contributed by atoms with Crippen LogP contribution in [0.4, 0.5) is 0 Å². The Hall–Kier alpha value is -2.07. The molecule has 9 heteroatoms. The molecule has 0 saturated heterocycles. The van der Waals surface area contributed by atoms with E-state index < -0.39 is 24.0 Å². The van der Waals surface area contributed by atoms with Gasteiger partial charge in [0.2, 0.25) is 0 Å². The van der Waals surface area contributed by atoms with Gasteiger partial charge in [-0.3, -0.25) is 9.59 Å². The van der Waals surface area contributed by atoms with E-state index in [2.05, 4.69) is 40.7 Å². The predicted octanol–water partition coefficient (Wildman–Crippen LogP) is 8.19. The van der Waals surface area contributed by atoms with E-state index in [1.807, 2.05) is 18.4 Å². The summed E-state index contributed by atoms with van der Waals surface area (Å²) in [6.45, 7) is 12.6. The number of rotatable bonds is 13. The van der Waals surface area contributed by atoms with Crippen LogP contribution in [0, 0.1) is 46.3 Å². The molecule has 0 aliphatic heterocycles. The van der Waals surface area contributed by atoms with Gasteiger partial charge in [0.05, 0.1) is 13.2 Å². The molecule has 0 bridgehead atoms. The lowest BCUT2D eigenvalue weighted by molar-refractivity contribution is -0.139. The lowest BCUT2D eigenvalue weighted by Crippen LogP contribution is -2.50. The summed E-state index contributed by atoms with van der Waals surface area (Å²) in [5.41, 5.74) is 14.1. The lowest BCUT2D eigenvalue weighted by Gasteiger charge is -2.58. The van der Waals surface area contributed by atoms with Crippen LogP contribution in [0.5, 0.6) is 5.75 Å². The van der Waals surface area contributed by atoms with Gasteiger partial charge in [-0.2, -0.15) is 11.8 Å². The quantitative estimate of drug-likeness (QED) is 0.126. The minimum Gasteiger partial charge on any atom is -0.497 e. The molecule has 0 radical (unpaired) electrons. The van der Waals surface area contributed by atoms with E-state index in [0.29, 0.717) is 23.7 Å². The summed E-state index contributed by atoms with van der Waals surface area (Å²) in [6.07, 6.45) is 20.0. The van der Waals surface area contributed by atoms with Gasteiger partial charge in [0, 0.05) is 0 Å². The summed E-state index contributed by atoms with van der Waals surface area (Å²) < 4.78 is 4.97. The molecule has 1 aromatic rings. The Morgan fingerprint density at radius 3 is 2.18 bits per heavy atom. The summed E-state index contributed by atoms with van der Waals surface area (Å²) in [7, 11) is 1.58. The van der Waals surface area contributed by atoms with Gasteiger partial charge >= 0.3 is 11.9 Å². The Kier molecular flexibility index (Phi) is 16.9. The summed E-state index contributed by atoms with van der Waals surface area (Å²) >= 11 is 1.60. The largest absolute Gasteiger partial charge is 0.497 e. The first-order valence-corrected chi connectivity index (χ1v) is 20.9. The van der Waals surface area contributed by atoms with E-state index in [0.717, 1.165) is 65.4 Å². The molecule has 290 valence electrons. The number of allylic oxidation sites excluding steroid dienone is 1. The number of aliphatic carboxylic acids is 2. The fourth-order valence-corrected chi connectivity index (χ4v) is 10.6. The Balaban J connectivity index is 0.000000254. The standard InChI is InChI=1S/C27H46O.C10H13NO3.C5H11NO2S/c1-18(2)7-6-8-19(3)23-11-12-24-22-10-9-20-17-21(28)13-15-26(20,4)25(22)14-16-27(23,24)5;1-14-8-4-2-7(3-5-8)6-9(11)10(12)13;1-9-3-2-4(6)5(7)8/h9,18-19,21-25,28H,6-8,10-17H2,1-5H3;2-5,9H,6,11H2,1H3,(H,12,13);4H,2-3,6H2,1H3,(H,7,8)/t19?,21-,22-,23+,24-,25-,26-,27+;;/m0../s1. The Bertz CT molecular complexity index is 1270. The van der Waals surface area contributed by atoms with E-state index >= 15 is 0 Å². The molecule has 10 atom stereocenters. The predicted molar refractivity (Wildman–Crippen MR) is 210 cm³/mol. The first-order chi connectivity index (χ1) is 24.1. The molecule has 0 aromatic heterocycles. The number of carboxylic acids is 2. The number of nitrogens with two attached hydrogens (primary N) is 2. The summed E-state index contributed by atoms with van der Waals surface area (Å²) in [4.78, 5) is 20.5.